The second-order valence-electron chi connectivity index (χ2n) is 4.58. The molecule has 120 valence electrons. The van der Waals surface area contributed by atoms with Gasteiger partial charge < -0.3 is 0 Å². The Morgan fingerprint density at radius 3 is 2.92 bits per heavy atom. The Labute approximate surface area is 142 Å². The molecule has 0 aliphatic heterocycles. The molecular formula is C15H13N7OS. The van der Waals surface area contributed by atoms with E-state index in [1.165, 1.54) is 18.0 Å². The van der Waals surface area contributed by atoms with E-state index in [9.17, 15) is 4.79 Å². The van der Waals surface area contributed by atoms with E-state index in [2.05, 4.69) is 31.0 Å². The summed E-state index contributed by atoms with van der Waals surface area (Å²) in [6, 6.07) is 13.1. The van der Waals surface area contributed by atoms with Gasteiger partial charge in [0.2, 0.25) is 5.16 Å². The van der Waals surface area contributed by atoms with Gasteiger partial charge in [0.25, 0.3) is 5.91 Å². The smallest absolute Gasteiger partial charge is 0.250 e. The van der Waals surface area contributed by atoms with Crippen molar-refractivity contribution in [3.05, 3.63) is 60.4 Å². The van der Waals surface area contributed by atoms with Crippen LogP contribution >= 0.6 is 11.8 Å². The minimum Gasteiger partial charge on any atom is -0.272 e. The third-order valence-corrected chi connectivity index (χ3v) is 3.78. The lowest BCUT2D eigenvalue weighted by Gasteiger charge is -2.03. The molecule has 24 heavy (non-hydrogen) atoms. The predicted molar refractivity (Wildman–Crippen MR) is 89.9 cm³/mol. The first-order valence-corrected chi connectivity index (χ1v) is 8.00. The number of benzene rings is 1. The van der Waals surface area contributed by atoms with Crippen molar-refractivity contribution < 1.29 is 4.79 Å². The van der Waals surface area contributed by atoms with E-state index < -0.39 is 0 Å². The molecule has 9 heteroatoms. The second kappa shape index (κ2) is 7.97. The van der Waals surface area contributed by atoms with Crippen molar-refractivity contribution in [1.29, 1.82) is 0 Å². The monoisotopic (exact) mass is 339 g/mol. The predicted octanol–water partition coefficient (Wildman–Crippen LogP) is 1.30. The molecule has 0 aliphatic rings. The summed E-state index contributed by atoms with van der Waals surface area (Å²) in [7, 11) is 0. The van der Waals surface area contributed by atoms with Crippen LogP contribution in [0.4, 0.5) is 0 Å². The largest absolute Gasteiger partial charge is 0.272 e. The number of para-hydroxylation sites is 1. The molecule has 3 aromatic rings. The van der Waals surface area contributed by atoms with Crippen LogP contribution in [0.15, 0.2) is 65.1 Å². The van der Waals surface area contributed by atoms with E-state index >= 15 is 0 Å². The number of nitrogens with zero attached hydrogens (tertiary/aromatic N) is 6. The normalized spacial score (nSPS) is 10.8. The van der Waals surface area contributed by atoms with Gasteiger partial charge in [0, 0.05) is 18.0 Å². The summed E-state index contributed by atoms with van der Waals surface area (Å²) in [6.07, 6.45) is 4.85. The topological polar surface area (TPSA) is 98.0 Å². The Bertz CT molecular complexity index is 820. The van der Waals surface area contributed by atoms with Gasteiger partial charge in [-0.15, -0.1) is 5.10 Å². The SMILES string of the molecule is O=C(CSc1nnnn1-c1ccccc1)N/N=C/c1cccnc1. The van der Waals surface area contributed by atoms with Crippen molar-refractivity contribution in [3.8, 4) is 5.69 Å². The number of hydrazone groups is 1. The summed E-state index contributed by atoms with van der Waals surface area (Å²) in [5.41, 5.74) is 4.09. The molecule has 0 atom stereocenters. The van der Waals surface area contributed by atoms with Gasteiger partial charge >= 0.3 is 0 Å². The first-order valence-electron chi connectivity index (χ1n) is 7.01. The molecule has 0 radical (unpaired) electrons. The third-order valence-electron chi connectivity index (χ3n) is 2.86. The average Bonchev–Trinajstić information content (AvgIpc) is 3.10. The Morgan fingerprint density at radius 1 is 1.25 bits per heavy atom. The Hall–Kier alpha value is -3.07. The molecule has 1 N–H and O–H groups in total. The maximum absolute atomic E-state index is 11.8. The Morgan fingerprint density at radius 2 is 2.12 bits per heavy atom. The van der Waals surface area contributed by atoms with E-state index in [1.54, 1.807) is 23.1 Å². The molecule has 3 rings (SSSR count). The fraction of sp³-hybridized carbons (Fsp3) is 0.0667. The summed E-state index contributed by atoms with van der Waals surface area (Å²) in [4.78, 5) is 15.8. The van der Waals surface area contributed by atoms with E-state index in [4.69, 9.17) is 0 Å². The lowest BCUT2D eigenvalue weighted by Crippen LogP contribution is -2.20. The number of hydrogen-bond donors (Lipinski definition) is 1. The van der Waals surface area contributed by atoms with Crippen molar-refractivity contribution in [1.82, 2.24) is 30.6 Å². The van der Waals surface area contributed by atoms with Crippen molar-refractivity contribution >= 4 is 23.9 Å². The van der Waals surface area contributed by atoms with E-state index in [0.29, 0.717) is 5.16 Å². The molecule has 0 aliphatic carbocycles. The molecule has 2 aromatic heterocycles. The fourth-order valence-corrected chi connectivity index (χ4v) is 2.48. The number of carbonyl (C=O) groups excluding carboxylic acids is 1. The summed E-state index contributed by atoms with van der Waals surface area (Å²) >= 11 is 1.23. The molecule has 1 amide bonds. The van der Waals surface area contributed by atoms with Gasteiger partial charge in [-0.3, -0.25) is 9.78 Å². The van der Waals surface area contributed by atoms with Crippen LogP contribution in [0.2, 0.25) is 0 Å². The standard InChI is InChI=1S/C15H13N7OS/c23-14(18-17-10-12-5-4-8-16-9-12)11-24-15-19-20-21-22(15)13-6-2-1-3-7-13/h1-10H,11H2,(H,18,23)/b17-10+. The molecule has 0 saturated heterocycles. The maximum atomic E-state index is 11.8. The molecule has 0 saturated carbocycles. The lowest BCUT2D eigenvalue weighted by atomic mass is 10.3. The van der Waals surface area contributed by atoms with Crippen LogP contribution in [0.3, 0.4) is 0 Å². The minimum absolute atomic E-state index is 0.150. The molecule has 0 bridgehead atoms. The van der Waals surface area contributed by atoms with E-state index in [1.807, 2.05) is 36.4 Å². The summed E-state index contributed by atoms with van der Waals surface area (Å²) in [5, 5.41) is 15.9. The summed E-state index contributed by atoms with van der Waals surface area (Å²) in [5.74, 6) is -0.0971. The zero-order valence-electron chi connectivity index (χ0n) is 12.5. The minimum atomic E-state index is -0.247. The van der Waals surface area contributed by atoms with Gasteiger partial charge in [0.15, 0.2) is 0 Å². The molecule has 2 heterocycles. The number of amides is 1. The highest BCUT2D eigenvalue weighted by molar-refractivity contribution is 7.99. The van der Waals surface area contributed by atoms with Crippen LogP contribution in [-0.2, 0) is 4.79 Å². The van der Waals surface area contributed by atoms with Crippen LogP contribution < -0.4 is 5.43 Å². The van der Waals surface area contributed by atoms with Crippen molar-refractivity contribution in [2.75, 3.05) is 5.75 Å². The number of aromatic nitrogens is 5. The lowest BCUT2D eigenvalue weighted by molar-refractivity contribution is -0.118. The maximum Gasteiger partial charge on any atom is 0.250 e. The molecule has 8 nitrogen and oxygen atoms in total. The zero-order chi connectivity index (χ0) is 16.6. The molecule has 0 spiro atoms. The van der Waals surface area contributed by atoms with Crippen LogP contribution in [0.5, 0.6) is 0 Å². The number of thioether (sulfide) groups is 1. The van der Waals surface area contributed by atoms with Crippen LogP contribution in [0, 0.1) is 0 Å². The zero-order valence-corrected chi connectivity index (χ0v) is 13.3. The molecule has 0 fully saturated rings. The average molecular weight is 339 g/mol. The van der Waals surface area contributed by atoms with Crippen LogP contribution in [-0.4, -0.2) is 43.1 Å². The number of pyridine rings is 1. The molecule has 1 aromatic carbocycles. The van der Waals surface area contributed by atoms with Crippen molar-refractivity contribution in [2.24, 2.45) is 5.10 Å². The van der Waals surface area contributed by atoms with Crippen LogP contribution in [0.25, 0.3) is 5.69 Å². The summed E-state index contributed by atoms with van der Waals surface area (Å²) < 4.78 is 1.58. The van der Waals surface area contributed by atoms with Gasteiger partial charge in [-0.1, -0.05) is 36.0 Å². The number of nitrogens with one attached hydrogen (secondary N) is 1. The van der Waals surface area contributed by atoms with Crippen molar-refractivity contribution in [2.45, 2.75) is 5.16 Å². The molecular weight excluding hydrogens is 326 g/mol. The number of carbonyl (C=O) groups is 1. The van der Waals surface area contributed by atoms with Gasteiger partial charge in [-0.2, -0.15) is 9.78 Å². The van der Waals surface area contributed by atoms with Gasteiger partial charge in [0.1, 0.15) is 0 Å². The highest BCUT2D eigenvalue weighted by Crippen LogP contribution is 2.17. The van der Waals surface area contributed by atoms with Gasteiger partial charge in [-0.05, 0) is 28.6 Å². The third kappa shape index (κ3) is 4.23. The second-order valence-corrected chi connectivity index (χ2v) is 5.52. The highest BCUT2D eigenvalue weighted by atomic mass is 32.2. The first-order chi connectivity index (χ1) is 11.8. The highest BCUT2D eigenvalue weighted by Gasteiger charge is 2.10. The summed E-state index contributed by atoms with van der Waals surface area (Å²) in [6.45, 7) is 0. The number of tetrazole rings is 1. The number of hydrogen-bond acceptors (Lipinski definition) is 7. The fourth-order valence-electron chi connectivity index (χ4n) is 1.79. The van der Waals surface area contributed by atoms with E-state index in [-0.39, 0.29) is 11.7 Å². The Kier molecular flexibility index (Phi) is 5.25. The Balaban J connectivity index is 1.54. The van der Waals surface area contributed by atoms with Gasteiger partial charge in [-0.25, -0.2) is 5.43 Å². The molecule has 0 unspecified atom stereocenters. The van der Waals surface area contributed by atoms with Crippen molar-refractivity contribution in [3.63, 3.8) is 0 Å². The first kappa shape index (κ1) is 15.8. The van der Waals surface area contributed by atoms with E-state index in [0.717, 1.165) is 11.3 Å². The quantitative estimate of drug-likeness (QED) is 0.413. The van der Waals surface area contributed by atoms with Gasteiger partial charge in [0.05, 0.1) is 17.7 Å². The number of rotatable bonds is 6. The van der Waals surface area contributed by atoms with Crippen LogP contribution in [0.1, 0.15) is 5.56 Å².